The first-order valence-corrected chi connectivity index (χ1v) is 5.18. The summed E-state index contributed by atoms with van der Waals surface area (Å²) in [6.07, 6.45) is 1.28. The number of methoxy groups -OCH3 is 1. The molecule has 86 valence electrons. The van der Waals surface area contributed by atoms with Crippen molar-refractivity contribution < 1.29 is 9.84 Å². The van der Waals surface area contributed by atoms with Gasteiger partial charge in [-0.3, -0.25) is 0 Å². The van der Waals surface area contributed by atoms with Gasteiger partial charge in [-0.1, -0.05) is 0 Å². The third kappa shape index (κ3) is 1.66. The summed E-state index contributed by atoms with van der Waals surface area (Å²) in [7, 11) is 3.57. The quantitative estimate of drug-likeness (QED) is 0.816. The second-order valence-corrected chi connectivity index (χ2v) is 3.83. The smallest absolute Gasteiger partial charge is 0.119 e. The first-order chi connectivity index (χ1) is 7.67. The summed E-state index contributed by atoms with van der Waals surface area (Å²) in [5, 5.41) is 10.8. The Balaban J connectivity index is 2.65. The van der Waals surface area contributed by atoms with Crippen LogP contribution in [-0.4, -0.2) is 23.3 Å². The van der Waals surface area contributed by atoms with Gasteiger partial charge in [0.25, 0.3) is 0 Å². The normalized spacial score (nSPS) is 13.0. The largest absolute Gasteiger partial charge is 0.497 e. The number of hydrogen-bond donors (Lipinski definition) is 2. The second kappa shape index (κ2) is 4.15. The van der Waals surface area contributed by atoms with Gasteiger partial charge in [0.1, 0.15) is 5.75 Å². The van der Waals surface area contributed by atoms with Crippen molar-refractivity contribution in [2.75, 3.05) is 13.7 Å². The van der Waals surface area contributed by atoms with Crippen LogP contribution >= 0.6 is 0 Å². The topological polar surface area (TPSA) is 60.4 Å². The number of aryl methyl sites for hydroxylation is 1. The van der Waals surface area contributed by atoms with Crippen molar-refractivity contribution in [3.05, 3.63) is 30.0 Å². The van der Waals surface area contributed by atoms with E-state index in [0.29, 0.717) is 0 Å². The van der Waals surface area contributed by atoms with E-state index in [1.54, 1.807) is 7.11 Å². The Hall–Kier alpha value is -1.52. The van der Waals surface area contributed by atoms with Crippen LogP contribution in [0.1, 0.15) is 11.7 Å². The predicted molar refractivity (Wildman–Crippen MR) is 63.5 cm³/mol. The highest BCUT2D eigenvalue weighted by Gasteiger charge is 2.13. The third-order valence-electron chi connectivity index (χ3n) is 2.81. The van der Waals surface area contributed by atoms with Gasteiger partial charge in [-0.25, -0.2) is 0 Å². The molecule has 16 heavy (non-hydrogen) atoms. The zero-order valence-corrected chi connectivity index (χ0v) is 9.47. The lowest BCUT2D eigenvalue weighted by atomic mass is 10.1. The molecule has 3 N–H and O–H groups in total. The van der Waals surface area contributed by atoms with E-state index in [9.17, 15) is 5.11 Å². The maximum atomic E-state index is 9.83. The van der Waals surface area contributed by atoms with E-state index in [2.05, 4.69) is 0 Å². The third-order valence-corrected chi connectivity index (χ3v) is 2.81. The number of hydrogen-bond acceptors (Lipinski definition) is 3. The van der Waals surface area contributed by atoms with Crippen molar-refractivity contribution in [3.8, 4) is 5.75 Å². The molecule has 0 fully saturated rings. The summed E-state index contributed by atoms with van der Waals surface area (Å²) >= 11 is 0. The van der Waals surface area contributed by atoms with E-state index in [1.807, 2.05) is 36.0 Å². The molecule has 0 aliphatic heterocycles. The van der Waals surface area contributed by atoms with Gasteiger partial charge < -0.3 is 20.1 Å². The number of fused-ring (bicyclic) bond motifs is 1. The fourth-order valence-corrected chi connectivity index (χ4v) is 1.92. The number of aliphatic hydroxyl groups excluding tert-OH is 1. The van der Waals surface area contributed by atoms with E-state index in [-0.39, 0.29) is 6.54 Å². The van der Waals surface area contributed by atoms with Crippen molar-refractivity contribution in [1.82, 2.24) is 4.57 Å². The summed E-state index contributed by atoms with van der Waals surface area (Å²) in [6.45, 7) is 0.219. The molecular weight excluding hydrogens is 204 g/mol. The van der Waals surface area contributed by atoms with E-state index in [1.165, 1.54) is 0 Å². The fraction of sp³-hybridized carbons (Fsp3) is 0.333. The number of benzene rings is 1. The van der Waals surface area contributed by atoms with Gasteiger partial charge in [-0.05, 0) is 18.2 Å². The number of nitrogens with zero attached hydrogens (tertiary/aromatic N) is 1. The molecule has 0 radical (unpaired) electrons. The maximum absolute atomic E-state index is 9.83. The van der Waals surface area contributed by atoms with Crippen molar-refractivity contribution in [3.63, 3.8) is 0 Å². The summed E-state index contributed by atoms with van der Waals surface area (Å²) in [4.78, 5) is 0. The molecular formula is C12H16N2O2. The number of ether oxygens (including phenoxy) is 1. The molecule has 1 unspecified atom stereocenters. The van der Waals surface area contributed by atoms with E-state index in [0.717, 1.165) is 22.2 Å². The molecule has 2 rings (SSSR count). The summed E-state index contributed by atoms with van der Waals surface area (Å²) in [5.41, 5.74) is 7.39. The Kier molecular flexibility index (Phi) is 2.85. The minimum absolute atomic E-state index is 0.219. The van der Waals surface area contributed by atoms with Crippen LogP contribution in [0.4, 0.5) is 0 Å². The minimum Gasteiger partial charge on any atom is -0.497 e. The molecule has 0 aliphatic rings. The van der Waals surface area contributed by atoms with Crippen molar-refractivity contribution in [1.29, 1.82) is 0 Å². The molecule has 1 atom stereocenters. The first kappa shape index (κ1) is 11.0. The zero-order valence-electron chi connectivity index (χ0n) is 9.47. The molecule has 0 spiro atoms. The molecule has 1 heterocycles. The molecule has 4 nitrogen and oxygen atoms in total. The molecule has 0 amide bonds. The molecule has 0 aliphatic carbocycles. The van der Waals surface area contributed by atoms with E-state index >= 15 is 0 Å². The van der Waals surface area contributed by atoms with Gasteiger partial charge >= 0.3 is 0 Å². The van der Waals surface area contributed by atoms with Gasteiger partial charge in [0.15, 0.2) is 0 Å². The minimum atomic E-state index is -0.629. The number of aromatic nitrogens is 1. The van der Waals surface area contributed by atoms with Gasteiger partial charge in [-0.15, -0.1) is 0 Å². The monoisotopic (exact) mass is 220 g/mol. The van der Waals surface area contributed by atoms with Gasteiger partial charge in [0.05, 0.1) is 13.2 Å². The Bertz CT molecular complexity index is 505. The van der Waals surface area contributed by atoms with Crippen LogP contribution < -0.4 is 10.5 Å². The molecule has 1 aromatic heterocycles. The standard InChI is InChI=1S/C12H16N2O2/c1-14-7-10(12(15)6-13)9-5-8(16-2)3-4-11(9)14/h3-5,7,12,15H,6,13H2,1-2H3. The summed E-state index contributed by atoms with van der Waals surface area (Å²) in [5.74, 6) is 0.782. The average Bonchev–Trinajstić information content (AvgIpc) is 2.65. The average molecular weight is 220 g/mol. The molecule has 0 saturated heterocycles. The van der Waals surface area contributed by atoms with Gasteiger partial charge in [0, 0.05) is 36.3 Å². The molecule has 1 aromatic carbocycles. The van der Waals surface area contributed by atoms with Crippen LogP contribution in [0.5, 0.6) is 5.75 Å². The maximum Gasteiger partial charge on any atom is 0.119 e. The molecule has 2 aromatic rings. The highest BCUT2D eigenvalue weighted by atomic mass is 16.5. The lowest BCUT2D eigenvalue weighted by molar-refractivity contribution is 0.188. The highest BCUT2D eigenvalue weighted by molar-refractivity contribution is 5.85. The van der Waals surface area contributed by atoms with Crippen LogP contribution in [0.3, 0.4) is 0 Å². The van der Waals surface area contributed by atoms with Crippen LogP contribution in [-0.2, 0) is 7.05 Å². The van der Waals surface area contributed by atoms with E-state index < -0.39 is 6.10 Å². The highest BCUT2D eigenvalue weighted by Crippen LogP contribution is 2.28. The lowest BCUT2D eigenvalue weighted by Crippen LogP contribution is -2.11. The van der Waals surface area contributed by atoms with Crippen LogP contribution in [0, 0.1) is 0 Å². The van der Waals surface area contributed by atoms with Crippen molar-refractivity contribution in [2.24, 2.45) is 12.8 Å². The van der Waals surface area contributed by atoms with Crippen LogP contribution in [0.25, 0.3) is 10.9 Å². The molecule has 0 bridgehead atoms. The van der Waals surface area contributed by atoms with Gasteiger partial charge in [0.2, 0.25) is 0 Å². The zero-order chi connectivity index (χ0) is 11.7. The Labute approximate surface area is 94.2 Å². The predicted octanol–water partition coefficient (Wildman–Crippen LogP) is 1.18. The van der Waals surface area contributed by atoms with Crippen LogP contribution in [0.15, 0.2) is 24.4 Å². The molecule has 4 heteroatoms. The number of nitrogens with two attached hydrogens (primary N) is 1. The number of rotatable bonds is 3. The van der Waals surface area contributed by atoms with Crippen LogP contribution in [0.2, 0.25) is 0 Å². The Morgan fingerprint density at radius 1 is 1.50 bits per heavy atom. The summed E-state index contributed by atoms with van der Waals surface area (Å²) < 4.78 is 7.15. The fourth-order valence-electron chi connectivity index (χ4n) is 1.92. The second-order valence-electron chi connectivity index (χ2n) is 3.83. The lowest BCUT2D eigenvalue weighted by Gasteiger charge is -2.06. The first-order valence-electron chi connectivity index (χ1n) is 5.18. The van der Waals surface area contributed by atoms with E-state index in [4.69, 9.17) is 10.5 Å². The molecule has 0 saturated carbocycles. The van der Waals surface area contributed by atoms with Gasteiger partial charge in [-0.2, -0.15) is 0 Å². The number of aliphatic hydroxyl groups is 1. The SMILES string of the molecule is COc1ccc2c(c1)c(C(O)CN)cn2C. The Morgan fingerprint density at radius 2 is 2.25 bits per heavy atom. The van der Waals surface area contributed by atoms with Crippen molar-refractivity contribution in [2.45, 2.75) is 6.10 Å². The van der Waals surface area contributed by atoms with Crippen molar-refractivity contribution >= 4 is 10.9 Å². The Morgan fingerprint density at radius 3 is 2.88 bits per heavy atom. The summed E-state index contributed by atoms with van der Waals surface area (Å²) in [6, 6.07) is 5.80.